The second-order valence-electron chi connectivity index (χ2n) is 3.55. The molecular weight excluding hydrogens is 138 g/mol. The lowest BCUT2D eigenvalue weighted by Crippen LogP contribution is -2.20. The normalized spacial score (nSPS) is 34.1. The summed E-state index contributed by atoms with van der Waals surface area (Å²) in [4.78, 5) is 0. The van der Waals surface area contributed by atoms with Gasteiger partial charge in [-0.25, -0.2) is 0 Å². The third kappa shape index (κ3) is 2.80. The molecule has 3 atom stereocenters. The fourth-order valence-corrected chi connectivity index (χ4v) is 1.52. The number of ether oxygens (including phenoxy) is 1. The minimum absolute atomic E-state index is 0.393. The minimum atomic E-state index is 0.393. The van der Waals surface area contributed by atoms with Gasteiger partial charge in [-0.05, 0) is 32.6 Å². The molecule has 0 aromatic rings. The van der Waals surface area contributed by atoms with Crippen LogP contribution in [0, 0.1) is 0 Å². The quantitative estimate of drug-likeness (QED) is 0.676. The zero-order chi connectivity index (χ0) is 8.27. The summed E-state index contributed by atoms with van der Waals surface area (Å²) in [5.74, 6) is 0. The highest BCUT2D eigenvalue weighted by molar-refractivity contribution is 4.78. The summed E-state index contributed by atoms with van der Waals surface area (Å²) in [7, 11) is 0. The first-order chi connectivity index (χ1) is 5.22. The zero-order valence-corrected chi connectivity index (χ0v) is 7.55. The lowest BCUT2D eigenvalue weighted by molar-refractivity contribution is 0.000123. The van der Waals surface area contributed by atoms with Gasteiger partial charge in [-0.3, -0.25) is 0 Å². The van der Waals surface area contributed by atoms with Crippen molar-refractivity contribution in [2.24, 2.45) is 5.73 Å². The first kappa shape index (κ1) is 9.01. The topological polar surface area (TPSA) is 35.2 Å². The van der Waals surface area contributed by atoms with Crippen LogP contribution in [0.15, 0.2) is 0 Å². The number of hydrogen-bond donors (Lipinski definition) is 1. The Hall–Kier alpha value is -0.0800. The Labute approximate surface area is 69.1 Å². The third-order valence-electron chi connectivity index (χ3n) is 2.42. The fourth-order valence-electron chi connectivity index (χ4n) is 1.52. The fraction of sp³-hybridized carbons (Fsp3) is 1.00. The summed E-state index contributed by atoms with van der Waals surface area (Å²) in [6.07, 6.45) is 5.31. The first-order valence-electron chi connectivity index (χ1n) is 4.63. The monoisotopic (exact) mass is 157 g/mol. The molecular formula is C9H19NO. The molecule has 66 valence electrons. The molecule has 2 nitrogen and oxygen atoms in total. The van der Waals surface area contributed by atoms with E-state index in [1.165, 1.54) is 0 Å². The molecule has 2 N–H and O–H groups in total. The molecule has 0 bridgehead atoms. The molecule has 0 aromatic heterocycles. The Bertz CT molecular complexity index is 116. The predicted molar refractivity (Wildman–Crippen MR) is 46.5 cm³/mol. The summed E-state index contributed by atoms with van der Waals surface area (Å²) in [6, 6.07) is 0.393. The number of hydrogen-bond acceptors (Lipinski definition) is 2. The van der Waals surface area contributed by atoms with Crippen LogP contribution in [-0.2, 0) is 4.74 Å². The molecule has 1 fully saturated rings. The van der Waals surface area contributed by atoms with Crippen LogP contribution < -0.4 is 5.73 Å². The van der Waals surface area contributed by atoms with Gasteiger partial charge in [-0.1, -0.05) is 6.92 Å². The largest absolute Gasteiger partial charge is 0.375 e. The van der Waals surface area contributed by atoms with E-state index >= 15 is 0 Å². The summed E-state index contributed by atoms with van der Waals surface area (Å²) in [6.45, 7) is 4.28. The van der Waals surface area contributed by atoms with E-state index in [4.69, 9.17) is 10.5 Å². The summed E-state index contributed by atoms with van der Waals surface area (Å²) in [5.41, 5.74) is 5.76. The predicted octanol–water partition coefficient (Wildman–Crippen LogP) is 1.68. The van der Waals surface area contributed by atoms with Gasteiger partial charge in [0.2, 0.25) is 0 Å². The standard InChI is InChI=1S/C9H19NO/c1-3-7(2)11-9-5-4-8(10)6-9/h7-9H,3-6,10H2,1-2H3. The van der Waals surface area contributed by atoms with Gasteiger partial charge in [-0.15, -0.1) is 0 Å². The Balaban J connectivity index is 2.17. The molecule has 1 aliphatic carbocycles. The molecule has 0 heterocycles. The number of rotatable bonds is 3. The zero-order valence-electron chi connectivity index (χ0n) is 7.55. The smallest absolute Gasteiger partial charge is 0.0594 e. The minimum Gasteiger partial charge on any atom is -0.375 e. The lowest BCUT2D eigenvalue weighted by Gasteiger charge is -2.16. The molecule has 0 aromatic carbocycles. The van der Waals surface area contributed by atoms with Crippen LogP contribution in [-0.4, -0.2) is 18.2 Å². The highest BCUT2D eigenvalue weighted by Crippen LogP contribution is 2.21. The highest BCUT2D eigenvalue weighted by atomic mass is 16.5. The molecule has 0 amide bonds. The van der Waals surface area contributed by atoms with Crippen molar-refractivity contribution in [1.29, 1.82) is 0 Å². The van der Waals surface area contributed by atoms with Gasteiger partial charge < -0.3 is 10.5 Å². The second-order valence-corrected chi connectivity index (χ2v) is 3.55. The van der Waals surface area contributed by atoms with Crippen LogP contribution in [0.4, 0.5) is 0 Å². The van der Waals surface area contributed by atoms with Gasteiger partial charge in [0, 0.05) is 6.04 Å². The van der Waals surface area contributed by atoms with Crippen LogP contribution >= 0.6 is 0 Å². The van der Waals surface area contributed by atoms with Gasteiger partial charge in [-0.2, -0.15) is 0 Å². The van der Waals surface area contributed by atoms with Gasteiger partial charge in [0.1, 0.15) is 0 Å². The Morgan fingerprint density at radius 1 is 1.55 bits per heavy atom. The molecule has 0 spiro atoms. The van der Waals surface area contributed by atoms with Crippen LogP contribution in [0.25, 0.3) is 0 Å². The van der Waals surface area contributed by atoms with Crippen LogP contribution in [0.1, 0.15) is 39.5 Å². The van der Waals surface area contributed by atoms with Crippen LogP contribution in [0.5, 0.6) is 0 Å². The lowest BCUT2D eigenvalue weighted by atomic mass is 10.2. The Morgan fingerprint density at radius 2 is 2.27 bits per heavy atom. The van der Waals surface area contributed by atoms with E-state index < -0.39 is 0 Å². The summed E-state index contributed by atoms with van der Waals surface area (Å²) in [5, 5.41) is 0. The van der Waals surface area contributed by atoms with E-state index in [-0.39, 0.29) is 0 Å². The molecule has 0 saturated heterocycles. The van der Waals surface area contributed by atoms with E-state index in [0.717, 1.165) is 25.7 Å². The maximum atomic E-state index is 5.76. The SMILES string of the molecule is CCC(C)OC1CCC(N)C1. The number of nitrogens with two attached hydrogens (primary N) is 1. The van der Waals surface area contributed by atoms with Crippen molar-refractivity contribution < 1.29 is 4.74 Å². The van der Waals surface area contributed by atoms with Gasteiger partial charge in [0.25, 0.3) is 0 Å². The average Bonchev–Trinajstić information content (AvgIpc) is 2.35. The van der Waals surface area contributed by atoms with Crippen LogP contribution in [0.2, 0.25) is 0 Å². The molecule has 1 aliphatic rings. The maximum absolute atomic E-state index is 5.76. The Morgan fingerprint density at radius 3 is 2.73 bits per heavy atom. The molecule has 2 heteroatoms. The van der Waals surface area contributed by atoms with E-state index in [0.29, 0.717) is 18.2 Å². The third-order valence-corrected chi connectivity index (χ3v) is 2.42. The van der Waals surface area contributed by atoms with E-state index in [1.54, 1.807) is 0 Å². The summed E-state index contributed by atoms with van der Waals surface area (Å²) >= 11 is 0. The molecule has 0 aliphatic heterocycles. The van der Waals surface area contributed by atoms with Crippen molar-refractivity contribution in [2.45, 2.75) is 57.8 Å². The van der Waals surface area contributed by atoms with E-state index in [9.17, 15) is 0 Å². The average molecular weight is 157 g/mol. The van der Waals surface area contributed by atoms with Crippen molar-refractivity contribution in [1.82, 2.24) is 0 Å². The van der Waals surface area contributed by atoms with Crippen molar-refractivity contribution in [3.05, 3.63) is 0 Å². The second kappa shape index (κ2) is 4.07. The first-order valence-corrected chi connectivity index (χ1v) is 4.63. The van der Waals surface area contributed by atoms with Crippen molar-refractivity contribution in [2.75, 3.05) is 0 Å². The Kier molecular flexibility index (Phi) is 3.34. The van der Waals surface area contributed by atoms with Crippen molar-refractivity contribution in [3.8, 4) is 0 Å². The summed E-state index contributed by atoms with van der Waals surface area (Å²) < 4.78 is 5.75. The molecule has 3 unspecified atom stereocenters. The molecule has 0 radical (unpaired) electrons. The highest BCUT2D eigenvalue weighted by Gasteiger charge is 2.23. The van der Waals surface area contributed by atoms with Gasteiger partial charge in [0.15, 0.2) is 0 Å². The molecule has 1 rings (SSSR count). The van der Waals surface area contributed by atoms with Gasteiger partial charge in [0.05, 0.1) is 12.2 Å². The van der Waals surface area contributed by atoms with Crippen molar-refractivity contribution >= 4 is 0 Å². The van der Waals surface area contributed by atoms with Crippen LogP contribution in [0.3, 0.4) is 0 Å². The molecule has 1 saturated carbocycles. The maximum Gasteiger partial charge on any atom is 0.0594 e. The van der Waals surface area contributed by atoms with Crippen molar-refractivity contribution in [3.63, 3.8) is 0 Å². The van der Waals surface area contributed by atoms with Gasteiger partial charge >= 0.3 is 0 Å². The van der Waals surface area contributed by atoms with E-state index in [1.807, 2.05) is 0 Å². The molecule has 11 heavy (non-hydrogen) atoms. The van der Waals surface area contributed by atoms with E-state index in [2.05, 4.69) is 13.8 Å².